The Morgan fingerprint density at radius 1 is 1.53 bits per heavy atom. The fourth-order valence-electron chi connectivity index (χ4n) is 1.61. The van der Waals surface area contributed by atoms with Gasteiger partial charge in [-0.25, -0.2) is 0 Å². The van der Waals surface area contributed by atoms with Gasteiger partial charge in [-0.05, 0) is 24.6 Å². The first-order valence-electron chi connectivity index (χ1n) is 5.37. The number of alkyl halides is 1. The normalized spacial score (nSPS) is 12.4. The van der Waals surface area contributed by atoms with E-state index in [0.29, 0.717) is 4.83 Å². The van der Waals surface area contributed by atoms with Gasteiger partial charge in [0.15, 0.2) is 0 Å². The van der Waals surface area contributed by atoms with Gasteiger partial charge in [0.25, 0.3) is 0 Å². The van der Waals surface area contributed by atoms with Gasteiger partial charge in [0.2, 0.25) is 0 Å². The van der Waals surface area contributed by atoms with Crippen molar-refractivity contribution >= 4 is 27.3 Å². The van der Waals surface area contributed by atoms with Crippen LogP contribution in [0.1, 0.15) is 21.0 Å². The van der Waals surface area contributed by atoms with Crippen molar-refractivity contribution in [2.45, 2.75) is 18.2 Å². The Balaban J connectivity index is 2.11. The number of aryl methyl sites for hydroxylation is 1. The zero-order valence-electron chi connectivity index (χ0n) is 9.81. The Labute approximate surface area is 114 Å². The van der Waals surface area contributed by atoms with Gasteiger partial charge in [-0.1, -0.05) is 22.0 Å². The van der Waals surface area contributed by atoms with Crippen LogP contribution in [0.25, 0.3) is 0 Å². The summed E-state index contributed by atoms with van der Waals surface area (Å²) in [6.45, 7) is 2.09. The van der Waals surface area contributed by atoms with Gasteiger partial charge in [-0.2, -0.15) is 0 Å². The molecular weight excluding hydrogens is 298 g/mol. The molecule has 0 saturated heterocycles. The molecule has 0 radical (unpaired) electrons. The molecule has 2 nitrogen and oxygen atoms in total. The zero-order valence-corrected chi connectivity index (χ0v) is 12.2. The minimum absolute atomic E-state index is 0.296. The third kappa shape index (κ3) is 3.07. The molecule has 17 heavy (non-hydrogen) atoms. The van der Waals surface area contributed by atoms with Gasteiger partial charge >= 0.3 is 0 Å². The van der Waals surface area contributed by atoms with E-state index in [2.05, 4.69) is 40.0 Å². The monoisotopic (exact) mass is 311 g/mol. The molecule has 0 aliphatic rings. The summed E-state index contributed by atoms with van der Waals surface area (Å²) in [6, 6.07) is 6.13. The molecule has 0 aromatic carbocycles. The fraction of sp³-hybridized carbons (Fsp3) is 0.308. The van der Waals surface area contributed by atoms with E-state index in [1.807, 2.05) is 17.6 Å². The van der Waals surface area contributed by atoms with Crippen molar-refractivity contribution in [1.82, 2.24) is 4.98 Å². The number of rotatable bonds is 4. The number of aromatic nitrogens is 1. The molecule has 0 aliphatic heterocycles. The van der Waals surface area contributed by atoms with Crippen molar-refractivity contribution < 1.29 is 4.74 Å². The van der Waals surface area contributed by atoms with Gasteiger partial charge < -0.3 is 4.74 Å². The number of halogens is 1. The first-order valence-corrected chi connectivity index (χ1v) is 7.17. The molecule has 0 aliphatic carbocycles. The first-order chi connectivity index (χ1) is 8.20. The molecular formula is C13H14BrNOS. The van der Waals surface area contributed by atoms with Gasteiger partial charge in [-0.15, -0.1) is 11.3 Å². The second-order valence-electron chi connectivity index (χ2n) is 3.83. The van der Waals surface area contributed by atoms with Crippen LogP contribution in [0.3, 0.4) is 0 Å². The summed E-state index contributed by atoms with van der Waals surface area (Å²) in [7, 11) is 1.69. The number of methoxy groups -OCH3 is 1. The van der Waals surface area contributed by atoms with E-state index < -0.39 is 0 Å². The number of nitrogens with zero attached hydrogens (tertiary/aromatic N) is 1. The average Bonchev–Trinajstić information content (AvgIpc) is 2.81. The zero-order chi connectivity index (χ0) is 12.3. The smallest absolute Gasteiger partial charge is 0.129 e. The Morgan fingerprint density at radius 3 is 3.00 bits per heavy atom. The molecule has 0 bridgehead atoms. The van der Waals surface area contributed by atoms with Crippen molar-refractivity contribution in [1.29, 1.82) is 0 Å². The van der Waals surface area contributed by atoms with E-state index in [1.165, 1.54) is 10.4 Å². The summed E-state index contributed by atoms with van der Waals surface area (Å²) in [4.78, 5) is 5.98. The Bertz CT molecular complexity index is 498. The molecule has 1 atom stereocenters. The summed E-state index contributed by atoms with van der Waals surface area (Å²) in [5, 5.41) is 2.02. The van der Waals surface area contributed by atoms with E-state index >= 15 is 0 Å². The molecule has 2 heterocycles. The predicted molar refractivity (Wildman–Crippen MR) is 75.2 cm³/mol. The highest BCUT2D eigenvalue weighted by atomic mass is 79.9. The number of hydrogen-bond donors (Lipinski definition) is 0. The minimum Gasteiger partial charge on any atom is -0.496 e. The molecule has 0 fully saturated rings. The maximum absolute atomic E-state index is 5.19. The topological polar surface area (TPSA) is 22.1 Å². The maximum atomic E-state index is 5.19. The van der Waals surface area contributed by atoms with Gasteiger partial charge in [0, 0.05) is 28.6 Å². The summed E-state index contributed by atoms with van der Waals surface area (Å²) in [5.41, 5.74) is 2.38. The quantitative estimate of drug-likeness (QED) is 0.792. The van der Waals surface area contributed by atoms with Crippen molar-refractivity contribution in [2.24, 2.45) is 0 Å². The molecule has 0 saturated carbocycles. The second kappa shape index (κ2) is 5.65. The fourth-order valence-corrected chi connectivity index (χ4v) is 3.20. The highest BCUT2D eigenvalue weighted by molar-refractivity contribution is 9.09. The maximum Gasteiger partial charge on any atom is 0.129 e. The molecule has 1 unspecified atom stereocenters. The number of hydrogen-bond acceptors (Lipinski definition) is 3. The van der Waals surface area contributed by atoms with Crippen LogP contribution < -0.4 is 4.74 Å². The van der Waals surface area contributed by atoms with Crippen LogP contribution in [0, 0.1) is 6.92 Å². The van der Waals surface area contributed by atoms with Crippen molar-refractivity contribution in [2.75, 3.05) is 7.11 Å². The Hall–Kier alpha value is -0.870. The third-order valence-corrected chi connectivity index (χ3v) is 4.78. The SMILES string of the molecule is COc1csc(C(Br)Cc2ncccc2C)c1. The molecule has 0 N–H and O–H groups in total. The van der Waals surface area contributed by atoms with Gasteiger partial charge in [-0.3, -0.25) is 4.98 Å². The summed E-state index contributed by atoms with van der Waals surface area (Å²) in [6.07, 6.45) is 2.74. The van der Waals surface area contributed by atoms with Crippen LogP contribution in [-0.2, 0) is 6.42 Å². The lowest BCUT2D eigenvalue weighted by Gasteiger charge is -2.08. The van der Waals surface area contributed by atoms with Crippen LogP contribution in [-0.4, -0.2) is 12.1 Å². The average molecular weight is 312 g/mol. The van der Waals surface area contributed by atoms with Gasteiger partial charge in [0.05, 0.1) is 11.9 Å². The molecule has 2 aromatic heterocycles. The van der Waals surface area contributed by atoms with E-state index in [4.69, 9.17) is 4.74 Å². The highest BCUT2D eigenvalue weighted by Crippen LogP contribution is 2.34. The van der Waals surface area contributed by atoms with Gasteiger partial charge in [0.1, 0.15) is 5.75 Å². The van der Waals surface area contributed by atoms with Crippen LogP contribution in [0.2, 0.25) is 0 Å². The van der Waals surface area contributed by atoms with E-state index in [-0.39, 0.29) is 0 Å². The van der Waals surface area contributed by atoms with Crippen LogP contribution in [0.5, 0.6) is 5.75 Å². The Morgan fingerprint density at radius 2 is 2.35 bits per heavy atom. The predicted octanol–water partition coefficient (Wildman–Crippen LogP) is 4.14. The molecule has 90 valence electrons. The lowest BCUT2D eigenvalue weighted by atomic mass is 10.1. The highest BCUT2D eigenvalue weighted by Gasteiger charge is 2.13. The van der Waals surface area contributed by atoms with Crippen LogP contribution >= 0.6 is 27.3 Å². The van der Waals surface area contributed by atoms with Crippen molar-refractivity contribution in [3.05, 3.63) is 45.9 Å². The van der Waals surface area contributed by atoms with Crippen molar-refractivity contribution in [3.8, 4) is 5.75 Å². The third-order valence-electron chi connectivity index (χ3n) is 2.63. The molecule has 2 aromatic rings. The molecule has 2 rings (SSSR count). The van der Waals surface area contributed by atoms with E-state index in [1.54, 1.807) is 18.4 Å². The standard InChI is InChI=1S/C13H14BrNOS/c1-9-4-3-5-15-12(9)7-11(14)13-6-10(16-2)8-17-13/h3-6,8,11H,7H2,1-2H3. The summed E-state index contributed by atoms with van der Waals surface area (Å²) >= 11 is 5.42. The molecule has 0 spiro atoms. The number of thiophene rings is 1. The summed E-state index contributed by atoms with van der Waals surface area (Å²) in [5.74, 6) is 0.923. The van der Waals surface area contributed by atoms with E-state index in [0.717, 1.165) is 17.9 Å². The minimum atomic E-state index is 0.296. The van der Waals surface area contributed by atoms with E-state index in [9.17, 15) is 0 Å². The molecule has 4 heteroatoms. The first kappa shape index (κ1) is 12.6. The Kier molecular flexibility index (Phi) is 4.18. The van der Waals surface area contributed by atoms with Crippen LogP contribution in [0.4, 0.5) is 0 Å². The number of pyridine rings is 1. The molecule has 0 amide bonds. The second-order valence-corrected chi connectivity index (χ2v) is 5.88. The lowest BCUT2D eigenvalue weighted by molar-refractivity contribution is 0.416. The van der Waals surface area contributed by atoms with Crippen LogP contribution in [0.15, 0.2) is 29.8 Å². The largest absolute Gasteiger partial charge is 0.496 e. The van der Waals surface area contributed by atoms with Crippen molar-refractivity contribution in [3.63, 3.8) is 0 Å². The lowest BCUT2D eigenvalue weighted by Crippen LogP contribution is -1.98. The summed E-state index contributed by atoms with van der Waals surface area (Å²) < 4.78 is 5.19. The number of ether oxygens (including phenoxy) is 1.